The molecule has 0 saturated carbocycles. The minimum Gasteiger partial charge on any atom is -0.304 e. The van der Waals surface area contributed by atoms with Gasteiger partial charge >= 0.3 is 0 Å². The lowest BCUT2D eigenvalue weighted by Crippen LogP contribution is -2.49. The van der Waals surface area contributed by atoms with Gasteiger partial charge in [-0.25, -0.2) is 0 Å². The summed E-state index contributed by atoms with van der Waals surface area (Å²) in [5.74, 6) is 0.151. The molecule has 1 fully saturated rings. The maximum absolute atomic E-state index is 13.9. The summed E-state index contributed by atoms with van der Waals surface area (Å²) < 4.78 is 0.929. The second-order valence-electron chi connectivity index (χ2n) is 7.03. The number of thioether (sulfide) groups is 1. The molecule has 29 heavy (non-hydrogen) atoms. The number of rotatable bonds is 3. The monoisotopic (exact) mass is 464 g/mol. The van der Waals surface area contributed by atoms with Crippen LogP contribution in [0, 0.1) is 0 Å². The maximum atomic E-state index is 13.9. The number of carbonyl (C=O) groups is 2. The number of anilines is 2. The first kappa shape index (κ1) is 18.5. The highest BCUT2D eigenvalue weighted by Crippen LogP contribution is 2.55. The van der Waals surface area contributed by atoms with Crippen LogP contribution in [0.5, 0.6) is 0 Å². The molecular formula is C23H17BrN2O2S. The van der Waals surface area contributed by atoms with Crippen LogP contribution >= 0.6 is 27.7 Å². The summed E-state index contributed by atoms with van der Waals surface area (Å²) >= 11 is 4.85. The summed E-state index contributed by atoms with van der Waals surface area (Å²) in [6.07, 6.45) is 0. The number of hydrogen-bond acceptors (Lipinski definition) is 3. The summed E-state index contributed by atoms with van der Waals surface area (Å²) in [6.45, 7) is 0.474. The second-order valence-corrected chi connectivity index (χ2v) is 9.12. The summed E-state index contributed by atoms with van der Waals surface area (Å²) in [5.41, 5.74) is 3.52. The van der Waals surface area contributed by atoms with Gasteiger partial charge in [-0.15, -0.1) is 11.8 Å². The van der Waals surface area contributed by atoms with Gasteiger partial charge in [0.1, 0.15) is 0 Å². The van der Waals surface area contributed by atoms with Crippen LogP contribution in [0.25, 0.3) is 0 Å². The fraction of sp³-hybridized carbons (Fsp3) is 0.130. The lowest BCUT2D eigenvalue weighted by Gasteiger charge is -2.33. The van der Waals surface area contributed by atoms with Crippen molar-refractivity contribution in [1.82, 2.24) is 0 Å². The fourth-order valence-corrected chi connectivity index (χ4v) is 5.69. The van der Waals surface area contributed by atoms with Crippen molar-refractivity contribution in [2.24, 2.45) is 0 Å². The van der Waals surface area contributed by atoms with Gasteiger partial charge in [0, 0.05) is 15.7 Å². The van der Waals surface area contributed by atoms with E-state index in [0.717, 1.165) is 27.0 Å². The molecule has 0 radical (unpaired) electrons. The van der Waals surface area contributed by atoms with E-state index in [1.807, 2.05) is 83.8 Å². The standard InChI is InChI=1S/C23H17BrN2O2S/c24-17-10-12-18(13-11-17)26-21(27)15-29-23(26)19-8-4-5-9-20(19)25(22(23)28)14-16-6-2-1-3-7-16/h1-13H,14-15H2/t23-/m0/s1. The van der Waals surface area contributed by atoms with Crippen molar-refractivity contribution in [2.45, 2.75) is 11.4 Å². The number of amides is 2. The van der Waals surface area contributed by atoms with Crippen LogP contribution in [0.3, 0.4) is 0 Å². The quantitative estimate of drug-likeness (QED) is 0.551. The molecule has 3 aromatic rings. The highest BCUT2D eigenvalue weighted by atomic mass is 79.9. The first-order valence-electron chi connectivity index (χ1n) is 9.29. The molecule has 144 valence electrons. The zero-order valence-corrected chi connectivity index (χ0v) is 17.8. The number of hydrogen-bond donors (Lipinski definition) is 0. The van der Waals surface area contributed by atoms with Gasteiger partial charge in [-0.2, -0.15) is 0 Å². The Labute approximate surface area is 181 Å². The van der Waals surface area contributed by atoms with Crippen molar-refractivity contribution >= 4 is 50.9 Å². The van der Waals surface area contributed by atoms with Crippen LogP contribution in [0.15, 0.2) is 83.3 Å². The Morgan fingerprint density at radius 1 is 0.897 bits per heavy atom. The SMILES string of the molecule is O=C1CS[C@@]2(C(=O)N(Cc3ccccc3)c3ccccc32)N1c1ccc(Br)cc1. The van der Waals surface area contributed by atoms with Gasteiger partial charge in [-0.3, -0.25) is 14.5 Å². The van der Waals surface area contributed by atoms with Crippen molar-refractivity contribution in [1.29, 1.82) is 0 Å². The minimum absolute atomic E-state index is 0.0537. The van der Waals surface area contributed by atoms with Crippen molar-refractivity contribution in [3.05, 3.63) is 94.5 Å². The first-order chi connectivity index (χ1) is 14.1. The zero-order valence-electron chi connectivity index (χ0n) is 15.4. The van der Waals surface area contributed by atoms with E-state index in [1.165, 1.54) is 11.8 Å². The average molecular weight is 465 g/mol. The summed E-state index contributed by atoms with van der Waals surface area (Å²) in [6, 6.07) is 25.3. The fourth-order valence-electron chi connectivity index (χ4n) is 4.07. The van der Waals surface area contributed by atoms with Crippen LogP contribution in [0.4, 0.5) is 11.4 Å². The van der Waals surface area contributed by atoms with E-state index in [1.54, 1.807) is 4.90 Å². The molecule has 1 spiro atoms. The Kier molecular flexibility index (Phi) is 4.48. The van der Waals surface area contributed by atoms with Gasteiger partial charge in [-0.1, -0.05) is 64.5 Å². The predicted molar refractivity (Wildman–Crippen MR) is 120 cm³/mol. The topological polar surface area (TPSA) is 40.6 Å². The van der Waals surface area contributed by atoms with Gasteiger partial charge < -0.3 is 4.90 Å². The molecule has 2 aliphatic heterocycles. The van der Waals surface area contributed by atoms with E-state index >= 15 is 0 Å². The third-order valence-corrected chi connectivity index (χ3v) is 7.25. The Morgan fingerprint density at radius 2 is 1.59 bits per heavy atom. The molecule has 1 saturated heterocycles. The third-order valence-electron chi connectivity index (χ3n) is 5.33. The molecule has 5 rings (SSSR count). The Balaban J connectivity index is 1.65. The molecule has 1 atom stereocenters. The van der Waals surface area contributed by atoms with Crippen molar-refractivity contribution in [2.75, 3.05) is 15.6 Å². The average Bonchev–Trinajstić information content (AvgIpc) is 3.21. The zero-order chi connectivity index (χ0) is 20.0. The number of fused-ring (bicyclic) bond motifs is 2. The predicted octanol–water partition coefficient (Wildman–Crippen LogP) is 4.93. The first-order valence-corrected chi connectivity index (χ1v) is 11.1. The Hall–Kier alpha value is -2.57. The smallest absolute Gasteiger partial charge is 0.269 e. The number of carbonyl (C=O) groups excluding carboxylic acids is 2. The van der Waals surface area contributed by atoms with Gasteiger partial charge in [0.25, 0.3) is 5.91 Å². The summed E-state index contributed by atoms with van der Waals surface area (Å²) in [4.78, 5) is 29.3. The van der Waals surface area contributed by atoms with E-state index < -0.39 is 4.87 Å². The molecule has 0 aromatic heterocycles. The van der Waals surface area contributed by atoms with Gasteiger partial charge in [-0.05, 0) is 35.9 Å². The van der Waals surface area contributed by atoms with E-state index in [4.69, 9.17) is 0 Å². The number of nitrogens with zero attached hydrogens (tertiary/aromatic N) is 2. The van der Waals surface area contributed by atoms with Crippen LogP contribution in [0.2, 0.25) is 0 Å². The molecule has 3 aromatic carbocycles. The number of benzene rings is 3. The summed E-state index contributed by atoms with van der Waals surface area (Å²) in [7, 11) is 0. The van der Waals surface area contributed by atoms with Crippen molar-refractivity contribution < 1.29 is 9.59 Å². The molecule has 2 aliphatic rings. The second kappa shape index (κ2) is 7.04. The third kappa shape index (κ3) is 2.81. The molecule has 0 N–H and O–H groups in total. The highest BCUT2D eigenvalue weighted by Gasteiger charge is 2.60. The largest absolute Gasteiger partial charge is 0.304 e. The molecule has 2 amide bonds. The minimum atomic E-state index is -1.06. The molecule has 4 nitrogen and oxygen atoms in total. The molecule has 0 unspecified atom stereocenters. The molecular weight excluding hydrogens is 448 g/mol. The van der Waals surface area contributed by atoms with E-state index in [2.05, 4.69) is 15.9 Å². The summed E-state index contributed by atoms with van der Waals surface area (Å²) in [5, 5.41) is 0. The number of para-hydroxylation sites is 1. The number of halogens is 1. The Bertz CT molecular complexity index is 1100. The lowest BCUT2D eigenvalue weighted by atomic mass is 10.0. The Morgan fingerprint density at radius 3 is 2.34 bits per heavy atom. The molecule has 6 heteroatoms. The van der Waals surface area contributed by atoms with Crippen LogP contribution in [-0.4, -0.2) is 17.6 Å². The molecule has 0 aliphatic carbocycles. The van der Waals surface area contributed by atoms with Gasteiger partial charge in [0.15, 0.2) is 0 Å². The van der Waals surface area contributed by atoms with E-state index in [0.29, 0.717) is 6.54 Å². The highest BCUT2D eigenvalue weighted by molar-refractivity contribution is 9.10. The maximum Gasteiger partial charge on any atom is 0.269 e. The van der Waals surface area contributed by atoms with Gasteiger partial charge in [0.2, 0.25) is 10.8 Å². The molecule has 0 bridgehead atoms. The van der Waals surface area contributed by atoms with Gasteiger partial charge in [0.05, 0.1) is 18.0 Å². The molecule has 2 heterocycles. The van der Waals surface area contributed by atoms with E-state index in [9.17, 15) is 9.59 Å². The van der Waals surface area contributed by atoms with Crippen molar-refractivity contribution in [3.8, 4) is 0 Å². The van der Waals surface area contributed by atoms with Crippen LogP contribution in [-0.2, 0) is 21.0 Å². The van der Waals surface area contributed by atoms with Crippen LogP contribution in [0.1, 0.15) is 11.1 Å². The van der Waals surface area contributed by atoms with Crippen LogP contribution < -0.4 is 9.80 Å². The van der Waals surface area contributed by atoms with E-state index in [-0.39, 0.29) is 17.6 Å². The van der Waals surface area contributed by atoms with Crippen molar-refractivity contribution in [3.63, 3.8) is 0 Å². The lowest BCUT2D eigenvalue weighted by molar-refractivity contribution is -0.123. The normalized spacial score (nSPS) is 20.6.